The van der Waals surface area contributed by atoms with Gasteiger partial charge in [0, 0.05) is 67.6 Å². The zero-order valence-electron chi connectivity index (χ0n) is 19.6. The Labute approximate surface area is 200 Å². The third kappa shape index (κ3) is 5.09. The number of para-hydroxylation sites is 1. The smallest absolute Gasteiger partial charge is 0.254 e. The molecule has 0 bridgehead atoms. The summed E-state index contributed by atoms with van der Waals surface area (Å²) in [6.07, 6.45) is 5.36. The van der Waals surface area contributed by atoms with Gasteiger partial charge in [-0.05, 0) is 61.7 Å². The number of aromatic nitrogens is 1. The molecule has 178 valence electrons. The lowest BCUT2D eigenvalue weighted by molar-refractivity contribution is -0.123. The molecule has 1 aromatic heterocycles. The highest BCUT2D eigenvalue weighted by Crippen LogP contribution is 2.23. The van der Waals surface area contributed by atoms with Crippen molar-refractivity contribution in [1.29, 1.82) is 0 Å². The van der Waals surface area contributed by atoms with Crippen molar-refractivity contribution in [2.75, 3.05) is 57.3 Å². The maximum absolute atomic E-state index is 12.9. The predicted molar refractivity (Wildman–Crippen MR) is 135 cm³/mol. The number of fused-ring (bicyclic) bond motifs is 1. The molecule has 0 spiro atoms. The molecule has 5 rings (SSSR count). The number of anilines is 1. The largest absolute Gasteiger partial charge is 0.369 e. The molecule has 0 radical (unpaired) electrons. The average molecular weight is 460 g/mol. The summed E-state index contributed by atoms with van der Waals surface area (Å²) >= 11 is 0. The van der Waals surface area contributed by atoms with Crippen LogP contribution in [0.25, 0.3) is 10.9 Å². The van der Waals surface area contributed by atoms with Crippen LogP contribution in [0.4, 0.5) is 5.69 Å². The van der Waals surface area contributed by atoms with Crippen LogP contribution >= 0.6 is 0 Å². The first-order valence-electron chi connectivity index (χ1n) is 12.4. The molecule has 0 aliphatic carbocycles. The summed E-state index contributed by atoms with van der Waals surface area (Å²) in [6, 6.07) is 16.5. The fourth-order valence-electron chi connectivity index (χ4n) is 5.03. The van der Waals surface area contributed by atoms with Gasteiger partial charge in [0.25, 0.3) is 5.91 Å². The molecule has 2 aliphatic heterocycles. The zero-order chi connectivity index (χ0) is 23.3. The summed E-state index contributed by atoms with van der Waals surface area (Å²) in [5, 5.41) is 3.89. The second-order valence-electron chi connectivity index (χ2n) is 9.27. The number of H-pyrrole nitrogens is 1. The highest BCUT2D eigenvalue weighted by Gasteiger charge is 2.23. The number of hydrogen-bond donors (Lipinski definition) is 2. The van der Waals surface area contributed by atoms with Gasteiger partial charge in [0.15, 0.2) is 0 Å². The zero-order valence-corrected chi connectivity index (χ0v) is 19.6. The van der Waals surface area contributed by atoms with E-state index >= 15 is 0 Å². The molecule has 2 amide bonds. The standard InChI is InChI=1S/C27H33N5O2/c33-26-20-32(13-11-28-26)27(34)21-9-10-25-24(18-21)22(19-29-25)6-4-5-12-30-14-16-31(17-15-30)23-7-2-1-3-8-23/h1-3,7-10,18-19,29H,4-6,11-17,20H2,(H,28,33). The maximum atomic E-state index is 12.9. The Bertz CT molecular complexity index is 1130. The summed E-state index contributed by atoms with van der Waals surface area (Å²) in [7, 11) is 0. The minimum Gasteiger partial charge on any atom is -0.369 e. The number of rotatable bonds is 7. The summed E-state index contributed by atoms with van der Waals surface area (Å²) in [4.78, 5) is 34.6. The van der Waals surface area contributed by atoms with Gasteiger partial charge in [0.1, 0.15) is 0 Å². The van der Waals surface area contributed by atoms with Crippen molar-refractivity contribution in [3.8, 4) is 0 Å². The van der Waals surface area contributed by atoms with Crippen LogP contribution in [-0.4, -0.2) is 79.0 Å². The van der Waals surface area contributed by atoms with Crippen LogP contribution in [0, 0.1) is 0 Å². The van der Waals surface area contributed by atoms with Crippen molar-refractivity contribution in [3.63, 3.8) is 0 Å². The Hall–Kier alpha value is -3.32. The second kappa shape index (κ2) is 10.3. The third-order valence-corrected chi connectivity index (χ3v) is 7.00. The van der Waals surface area contributed by atoms with Crippen molar-refractivity contribution in [3.05, 3.63) is 65.9 Å². The van der Waals surface area contributed by atoms with Gasteiger partial charge in [0.2, 0.25) is 5.91 Å². The molecule has 0 saturated carbocycles. The summed E-state index contributed by atoms with van der Waals surface area (Å²) < 4.78 is 0. The second-order valence-corrected chi connectivity index (χ2v) is 9.27. The third-order valence-electron chi connectivity index (χ3n) is 7.00. The molecular weight excluding hydrogens is 426 g/mol. The highest BCUT2D eigenvalue weighted by molar-refractivity contribution is 6.00. The van der Waals surface area contributed by atoms with Gasteiger partial charge in [0.05, 0.1) is 6.54 Å². The quantitative estimate of drug-likeness (QED) is 0.533. The van der Waals surface area contributed by atoms with E-state index in [0.717, 1.165) is 56.5 Å². The molecule has 3 heterocycles. The number of aromatic amines is 1. The molecule has 7 nitrogen and oxygen atoms in total. The van der Waals surface area contributed by atoms with E-state index < -0.39 is 0 Å². The van der Waals surface area contributed by atoms with E-state index in [2.05, 4.69) is 56.6 Å². The molecule has 34 heavy (non-hydrogen) atoms. The maximum Gasteiger partial charge on any atom is 0.254 e. The molecule has 2 aromatic carbocycles. The highest BCUT2D eigenvalue weighted by atomic mass is 16.2. The Morgan fingerprint density at radius 1 is 0.941 bits per heavy atom. The molecule has 3 aromatic rings. The molecular formula is C27H33N5O2. The lowest BCUT2D eigenvalue weighted by atomic mass is 10.0. The molecule has 2 fully saturated rings. The van der Waals surface area contributed by atoms with E-state index in [1.54, 1.807) is 4.90 Å². The monoisotopic (exact) mass is 459 g/mol. The number of unbranched alkanes of at least 4 members (excludes halogenated alkanes) is 1. The number of carbonyl (C=O) groups is 2. The van der Waals surface area contributed by atoms with Gasteiger partial charge in [-0.1, -0.05) is 18.2 Å². The van der Waals surface area contributed by atoms with Gasteiger partial charge >= 0.3 is 0 Å². The van der Waals surface area contributed by atoms with E-state index in [1.165, 1.54) is 17.7 Å². The van der Waals surface area contributed by atoms with Gasteiger partial charge in [-0.2, -0.15) is 0 Å². The van der Waals surface area contributed by atoms with E-state index in [9.17, 15) is 9.59 Å². The summed E-state index contributed by atoms with van der Waals surface area (Å²) in [5.41, 5.74) is 4.29. The van der Waals surface area contributed by atoms with Crippen LogP contribution in [0.15, 0.2) is 54.7 Å². The van der Waals surface area contributed by atoms with Crippen LogP contribution in [0.1, 0.15) is 28.8 Å². The minimum atomic E-state index is -0.0931. The van der Waals surface area contributed by atoms with Gasteiger partial charge in [-0.3, -0.25) is 14.5 Å². The van der Waals surface area contributed by atoms with Crippen LogP contribution < -0.4 is 10.2 Å². The van der Waals surface area contributed by atoms with Gasteiger partial charge in [-0.25, -0.2) is 0 Å². The number of aryl methyl sites for hydroxylation is 1. The fourth-order valence-corrected chi connectivity index (χ4v) is 5.03. The number of piperazine rings is 2. The molecule has 7 heteroatoms. The van der Waals surface area contributed by atoms with E-state index in [1.807, 2.05) is 18.2 Å². The number of benzene rings is 2. The molecule has 0 atom stereocenters. The topological polar surface area (TPSA) is 71.7 Å². The first-order chi connectivity index (χ1) is 16.7. The van der Waals surface area contributed by atoms with Crippen LogP contribution in [-0.2, 0) is 11.2 Å². The first kappa shape index (κ1) is 22.5. The SMILES string of the molecule is O=C1CN(C(=O)c2ccc3[nH]cc(CCCCN4CCN(c5ccccc5)CC4)c3c2)CCN1. The Balaban J connectivity index is 1.12. The number of nitrogens with zero attached hydrogens (tertiary/aromatic N) is 3. The fraction of sp³-hybridized carbons (Fsp3) is 0.407. The average Bonchev–Trinajstić information content (AvgIpc) is 3.29. The summed E-state index contributed by atoms with van der Waals surface area (Å²) in [6.45, 7) is 6.74. The van der Waals surface area contributed by atoms with Crippen LogP contribution in [0.3, 0.4) is 0 Å². The Morgan fingerprint density at radius 2 is 1.76 bits per heavy atom. The van der Waals surface area contributed by atoms with Crippen molar-refractivity contribution < 1.29 is 9.59 Å². The lowest BCUT2D eigenvalue weighted by Crippen LogP contribution is -2.49. The Kier molecular flexibility index (Phi) is 6.81. The minimum absolute atomic E-state index is 0.0708. The van der Waals surface area contributed by atoms with Crippen molar-refractivity contribution in [2.24, 2.45) is 0 Å². The van der Waals surface area contributed by atoms with E-state index in [-0.39, 0.29) is 18.4 Å². The number of hydrogen-bond acceptors (Lipinski definition) is 4. The van der Waals surface area contributed by atoms with Crippen molar-refractivity contribution >= 4 is 28.4 Å². The van der Waals surface area contributed by atoms with Gasteiger partial charge < -0.3 is 20.1 Å². The normalized spacial score (nSPS) is 17.2. The molecule has 2 N–H and O–H groups in total. The molecule has 2 aliphatic rings. The number of carbonyl (C=O) groups excluding carboxylic acids is 2. The first-order valence-corrected chi connectivity index (χ1v) is 12.4. The molecule has 0 unspecified atom stereocenters. The predicted octanol–water partition coefficient (Wildman–Crippen LogP) is 2.88. The van der Waals surface area contributed by atoms with Crippen LogP contribution in [0.5, 0.6) is 0 Å². The van der Waals surface area contributed by atoms with E-state index in [4.69, 9.17) is 0 Å². The van der Waals surface area contributed by atoms with Gasteiger partial charge in [-0.15, -0.1) is 0 Å². The Morgan fingerprint density at radius 3 is 2.56 bits per heavy atom. The number of nitrogens with one attached hydrogen (secondary N) is 2. The number of amides is 2. The lowest BCUT2D eigenvalue weighted by Gasteiger charge is -2.36. The summed E-state index contributed by atoms with van der Waals surface area (Å²) in [5.74, 6) is -0.164. The van der Waals surface area contributed by atoms with Crippen molar-refractivity contribution in [2.45, 2.75) is 19.3 Å². The van der Waals surface area contributed by atoms with E-state index in [0.29, 0.717) is 18.7 Å². The van der Waals surface area contributed by atoms with Crippen LogP contribution in [0.2, 0.25) is 0 Å². The van der Waals surface area contributed by atoms with Crippen molar-refractivity contribution in [1.82, 2.24) is 20.1 Å². The molecule has 2 saturated heterocycles.